The van der Waals surface area contributed by atoms with Gasteiger partial charge in [-0.2, -0.15) is 0 Å². The number of quaternary nitrogens is 1. The van der Waals surface area contributed by atoms with E-state index in [1.807, 2.05) is 19.2 Å². The Hall–Kier alpha value is -1.10. The minimum Gasteiger partial charge on any atom is -0.491 e. The first-order valence-corrected chi connectivity index (χ1v) is 6.84. The fourth-order valence-electron chi connectivity index (χ4n) is 1.76. The van der Waals surface area contributed by atoms with Gasteiger partial charge in [-0.25, -0.2) is 0 Å². The van der Waals surface area contributed by atoms with Crippen molar-refractivity contribution in [1.29, 1.82) is 0 Å². The molecule has 0 heterocycles. The number of rotatable bonds is 9. The van der Waals surface area contributed by atoms with Gasteiger partial charge in [0, 0.05) is 0 Å². The van der Waals surface area contributed by atoms with Gasteiger partial charge in [0.25, 0.3) is 0 Å². The summed E-state index contributed by atoms with van der Waals surface area (Å²) in [4.78, 5) is 1.28. The Morgan fingerprint density at radius 3 is 2.63 bits per heavy atom. The van der Waals surface area contributed by atoms with Crippen LogP contribution in [0.15, 0.2) is 18.2 Å². The largest absolute Gasteiger partial charge is 0.491 e. The Morgan fingerprint density at radius 2 is 1.89 bits per heavy atom. The van der Waals surface area contributed by atoms with Crippen LogP contribution < -0.4 is 9.64 Å². The van der Waals surface area contributed by atoms with Crippen LogP contribution in [0.2, 0.25) is 0 Å². The van der Waals surface area contributed by atoms with Crippen molar-refractivity contribution in [3.63, 3.8) is 0 Å². The Kier molecular flexibility index (Phi) is 7.48. The highest BCUT2D eigenvalue weighted by Crippen LogP contribution is 2.20. The Bertz CT molecular complexity index is 368. The van der Waals surface area contributed by atoms with E-state index >= 15 is 0 Å². The zero-order valence-electron chi connectivity index (χ0n) is 12.2. The maximum atomic E-state index is 8.77. The van der Waals surface area contributed by atoms with E-state index in [0.717, 1.165) is 18.8 Å². The van der Waals surface area contributed by atoms with Gasteiger partial charge in [-0.1, -0.05) is 12.1 Å². The molecule has 0 aliphatic carbocycles. The van der Waals surface area contributed by atoms with E-state index < -0.39 is 0 Å². The fraction of sp³-hybridized carbons (Fsp3) is 0.600. The molecule has 0 spiro atoms. The van der Waals surface area contributed by atoms with Crippen molar-refractivity contribution < 1.29 is 19.5 Å². The molecule has 0 radical (unpaired) electrons. The van der Waals surface area contributed by atoms with Crippen molar-refractivity contribution in [3.05, 3.63) is 29.3 Å². The number of hydrogen-bond acceptors (Lipinski definition) is 3. The Labute approximate surface area is 115 Å². The van der Waals surface area contributed by atoms with Crippen LogP contribution in [0, 0.1) is 13.8 Å². The number of nitrogens with one attached hydrogen (secondary N) is 1. The molecule has 0 aromatic heterocycles. The van der Waals surface area contributed by atoms with Gasteiger partial charge in [-0.05, 0) is 31.0 Å². The SMILES string of the molecule is Cc1cccc(OCCOCC[NH+](C)CCO)c1C. The molecule has 108 valence electrons. The van der Waals surface area contributed by atoms with Crippen LogP contribution in [0.1, 0.15) is 11.1 Å². The lowest BCUT2D eigenvalue weighted by molar-refractivity contribution is -0.880. The molecule has 19 heavy (non-hydrogen) atoms. The van der Waals surface area contributed by atoms with Crippen LogP contribution in [0.4, 0.5) is 0 Å². The first-order valence-electron chi connectivity index (χ1n) is 6.84. The third kappa shape index (κ3) is 6.05. The number of aliphatic hydroxyl groups is 1. The summed E-state index contributed by atoms with van der Waals surface area (Å²) in [6.07, 6.45) is 0. The maximum Gasteiger partial charge on any atom is 0.122 e. The molecule has 1 aromatic rings. The van der Waals surface area contributed by atoms with Gasteiger partial charge in [0.1, 0.15) is 25.4 Å². The zero-order valence-corrected chi connectivity index (χ0v) is 12.2. The van der Waals surface area contributed by atoms with Gasteiger partial charge in [0.2, 0.25) is 0 Å². The molecule has 1 aromatic carbocycles. The normalized spacial score (nSPS) is 12.4. The zero-order chi connectivity index (χ0) is 14.1. The molecule has 2 N–H and O–H groups in total. The number of ether oxygens (including phenoxy) is 2. The highest BCUT2D eigenvalue weighted by atomic mass is 16.5. The van der Waals surface area contributed by atoms with Crippen LogP contribution in [0.5, 0.6) is 5.75 Å². The third-order valence-electron chi connectivity index (χ3n) is 3.25. The average Bonchev–Trinajstić information content (AvgIpc) is 2.38. The molecule has 0 amide bonds. The molecule has 1 atom stereocenters. The lowest BCUT2D eigenvalue weighted by Gasteiger charge is -2.13. The molecule has 4 nitrogen and oxygen atoms in total. The van der Waals surface area contributed by atoms with Gasteiger partial charge >= 0.3 is 0 Å². The molecule has 0 bridgehead atoms. The monoisotopic (exact) mass is 268 g/mol. The second-order valence-corrected chi connectivity index (χ2v) is 4.84. The number of benzene rings is 1. The molecule has 1 rings (SSSR count). The summed E-state index contributed by atoms with van der Waals surface area (Å²) in [5.74, 6) is 0.937. The molecule has 0 aliphatic rings. The van der Waals surface area contributed by atoms with E-state index in [-0.39, 0.29) is 6.61 Å². The minimum absolute atomic E-state index is 0.224. The minimum atomic E-state index is 0.224. The van der Waals surface area contributed by atoms with Crippen molar-refractivity contribution in [2.24, 2.45) is 0 Å². The summed E-state index contributed by atoms with van der Waals surface area (Å²) in [7, 11) is 2.05. The lowest BCUT2D eigenvalue weighted by Crippen LogP contribution is -3.10. The fourth-order valence-corrected chi connectivity index (χ4v) is 1.76. The van der Waals surface area contributed by atoms with E-state index in [0.29, 0.717) is 19.8 Å². The number of aryl methyl sites for hydroxylation is 1. The second-order valence-electron chi connectivity index (χ2n) is 4.84. The number of hydrogen-bond donors (Lipinski definition) is 2. The molecule has 0 fully saturated rings. The first kappa shape index (κ1) is 16.0. The third-order valence-corrected chi connectivity index (χ3v) is 3.25. The quantitative estimate of drug-likeness (QED) is 0.629. The molecule has 1 unspecified atom stereocenters. The molecule has 4 heteroatoms. The summed E-state index contributed by atoms with van der Waals surface area (Å²) in [6.45, 7) is 7.91. The van der Waals surface area contributed by atoms with E-state index in [4.69, 9.17) is 14.6 Å². The van der Waals surface area contributed by atoms with E-state index in [2.05, 4.69) is 19.9 Å². The first-order chi connectivity index (χ1) is 9.15. The van der Waals surface area contributed by atoms with Gasteiger partial charge in [0.15, 0.2) is 0 Å². The van der Waals surface area contributed by atoms with Crippen molar-refractivity contribution in [2.75, 3.05) is 46.6 Å². The van der Waals surface area contributed by atoms with Crippen molar-refractivity contribution in [2.45, 2.75) is 13.8 Å². The van der Waals surface area contributed by atoms with Crippen LogP contribution in [-0.4, -0.2) is 51.7 Å². The molecule has 0 saturated carbocycles. The van der Waals surface area contributed by atoms with Crippen molar-refractivity contribution in [1.82, 2.24) is 0 Å². The van der Waals surface area contributed by atoms with Crippen LogP contribution in [0.25, 0.3) is 0 Å². The Balaban J connectivity index is 2.12. The highest BCUT2D eigenvalue weighted by Gasteiger charge is 2.02. The highest BCUT2D eigenvalue weighted by molar-refractivity contribution is 5.38. The second kappa shape index (κ2) is 8.91. The summed E-state index contributed by atoms with van der Waals surface area (Å²) in [5, 5.41) is 8.77. The molecular formula is C15H26NO3+. The average molecular weight is 268 g/mol. The predicted octanol–water partition coefficient (Wildman–Crippen LogP) is 0.206. The van der Waals surface area contributed by atoms with E-state index in [1.165, 1.54) is 16.0 Å². The summed E-state index contributed by atoms with van der Waals surface area (Å²) in [5.41, 5.74) is 2.43. The van der Waals surface area contributed by atoms with Crippen LogP contribution in [0.3, 0.4) is 0 Å². The van der Waals surface area contributed by atoms with E-state index in [9.17, 15) is 0 Å². The van der Waals surface area contributed by atoms with Gasteiger partial charge in [0.05, 0.1) is 26.9 Å². The van der Waals surface area contributed by atoms with Gasteiger partial charge < -0.3 is 19.5 Å². The van der Waals surface area contributed by atoms with Gasteiger partial charge in [-0.3, -0.25) is 0 Å². The topological polar surface area (TPSA) is 43.1 Å². The van der Waals surface area contributed by atoms with Crippen molar-refractivity contribution in [3.8, 4) is 5.75 Å². The number of aliphatic hydroxyl groups excluding tert-OH is 1. The van der Waals surface area contributed by atoms with E-state index in [1.54, 1.807) is 0 Å². The lowest BCUT2D eigenvalue weighted by atomic mass is 10.1. The molecule has 0 saturated heterocycles. The summed E-state index contributed by atoms with van der Waals surface area (Å²) < 4.78 is 11.2. The number of likely N-dealkylation sites (N-methyl/N-ethyl adjacent to an activating group) is 1. The van der Waals surface area contributed by atoms with Crippen LogP contribution in [-0.2, 0) is 4.74 Å². The predicted molar refractivity (Wildman–Crippen MR) is 75.9 cm³/mol. The maximum absolute atomic E-state index is 8.77. The standard InChI is InChI=1S/C15H25NO3/c1-13-5-4-6-15(14(13)2)19-12-11-18-10-8-16(3)7-9-17/h4-6,17H,7-12H2,1-3H3/p+1. The Morgan fingerprint density at radius 1 is 1.11 bits per heavy atom. The van der Waals surface area contributed by atoms with Crippen molar-refractivity contribution >= 4 is 0 Å². The van der Waals surface area contributed by atoms with Crippen LogP contribution >= 0.6 is 0 Å². The summed E-state index contributed by atoms with van der Waals surface area (Å²) >= 11 is 0. The molecular weight excluding hydrogens is 242 g/mol. The molecule has 0 aliphatic heterocycles. The summed E-state index contributed by atoms with van der Waals surface area (Å²) in [6, 6.07) is 6.08. The smallest absolute Gasteiger partial charge is 0.122 e. The van der Waals surface area contributed by atoms with Gasteiger partial charge in [-0.15, -0.1) is 0 Å².